The maximum absolute atomic E-state index is 10.9. The van der Waals surface area contributed by atoms with E-state index in [1.807, 2.05) is 6.92 Å². The highest BCUT2D eigenvalue weighted by Gasteiger charge is 2.12. The van der Waals surface area contributed by atoms with Gasteiger partial charge in [-0.1, -0.05) is 22.9 Å². The van der Waals surface area contributed by atoms with Crippen LogP contribution in [0.3, 0.4) is 0 Å². The topological polar surface area (TPSA) is 26.3 Å². The van der Waals surface area contributed by atoms with Gasteiger partial charge in [-0.3, -0.25) is 4.79 Å². The highest BCUT2D eigenvalue weighted by Crippen LogP contribution is 2.19. The molecule has 0 N–H and O–H groups in total. The fourth-order valence-electron chi connectivity index (χ4n) is 0.684. The van der Waals surface area contributed by atoms with Gasteiger partial charge >= 0.3 is 5.97 Å². The van der Waals surface area contributed by atoms with Crippen LogP contribution in [0.4, 0.5) is 0 Å². The maximum atomic E-state index is 10.9. The summed E-state index contributed by atoms with van der Waals surface area (Å²) in [5, 5.41) is 0. The van der Waals surface area contributed by atoms with Crippen molar-refractivity contribution < 1.29 is 9.53 Å². The number of alkyl halides is 1. The van der Waals surface area contributed by atoms with E-state index >= 15 is 0 Å². The van der Waals surface area contributed by atoms with E-state index in [2.05, 4.69) is 29.8 Å². The van der Waals surface area contributed by atoms with Crippen LogP contribution in [0.1, 0.15) is 40.0 Å². The minimum atomic E-state index is -0.0887. The molecule has 3 heteroatoms. The van der Waals surface area contributed by atoms with Crippen molar-refractivity contribution in [3.8, 4) is 0 Å². The van der Waals surface area contributed by atoms with Crippen LogP contribution in [0.15, 0.2) is 0 Å². The zero-order valence-corrected chi connectivity index (χ0v) is 9.61. The fourth-order valence-corrected chi connectivity index (χ4v) is 0.846. The van der Waals surface area contributed by atoms with Gasteiger partial charge in [-0.15, -0.1) is 0 Å². The van der Waals surface area contributed by atoms with Crippen LogP contribution in [0.25, 0.3) is 0 Å². The van der Waals surface area contributed by atoms with Gasteiger partial charge in [-0.25, -0.2) is 0 Å². The molecule has 0 fully saturated rings. The van der Waals surface area contributed by atoms with Crippen LogP contribution < -0.4 is 0 Å². The number of rotatable bonds is 5. The molecule has 0 rings (SSSR count). The van der Waals surface area contributed by atoms with E-state index in [4.69, 9.17) is 4.74 Å². The Morgan fingerprint density at radius 3 is 2.50 bits per heavy atom. The molecule has 0 radical (unpaired) electrons. The zero-order chi connectivity index (χ0) is 9.61. The van der Waals surface area contributed by atoms with Crippen LogP contribution in [0.2, 0.25) is 0 Å². The minimum Gasteiger partial charge on any atom is -0.466 e. The van der Waals surface area contributed by atoms with Gasteiger partial charge in [0.1, 0.15) is 0 Å². The molecule has 0 heterocycles. The van der Waals surface area contributed by atoms with Gasteiger partial charge in [-0.05, 0) is 26.7 Å². The first-order valence-corrected chi connectivity index (χ1v) is 5.09. The van der Waals surface area contributed by atoms with Gasteiger partial charge in [0.15, 0.2) is 0 Å². The molecular formula is C9H17BrO2. The smallest absolute Gasteiger partial charge is 0.305 e. The average Bonchev–Trinajstić information content (AvgIpc) is 1.84. The molecule has 0 aliphatic carbocycles. The molecule has 0 aromatic heterocycles. The molecule has 0 aliphatic heterocycles. The van der Waals surface area contributed by atoms with Gasteiger partial charge < -0.3 is 4.74 Å². The third-order valence-electron chi connectivity index (χ3n) is 1.41. The quantitative estimate of drug-likeness (QED) is 0.542. The van der Waals surface area contributed by atoms with Crippen LogP contribution in [0, 0.1) is 0 Å². The molecule has 72 valence electrons. The number of halogens is 1. The van der Waals surface area contributed by atoms with Crippen molar-refractivity contribution in [2.75, 3.05) is 6.61 Å². The van der Waals surface area contributed by atoms with Gasteiger partial charge in [0.2, 0.25) is 0 Å². The fraction of sp³-hybridized carbons (Fsp3) is 0.889. The van der Waals surface area contributed by atoms with Crippen molar-refractivity contribution in [2.45, 2.75) is 44.4 Å². The van der Waals surface area contributed by atoms with Crippen LogP contribution in [-0.4, -0.2) is 16.9 Å². The third-order valence-corrected chi connectivity index (χ3v) is 1.81. The van der Waals surface area contributed by atoms with Crippen molar-refractivity contribution >= 4 is 21.9 Å². The molecule has 0 aromatic rings. The summed E-state index contributed by atoms with van der Waals surface area (Å²) in [5.41, 5.74) is 0. The molecule has 0 amide bonds. The molecule has 0 bridgehead atoms. The van der Waals surface area contributed by atoms with E-state index in [-0.39, 0.29) is 10.3 Å². The Labute approximate surface area is 82.8 Å². The standard InChI is InChI=1S/C9H17BrO2/c1-4-5-8(11)12-7-6-9(2,3)10/h4-7H2,1-3H3. The molecular weight excluding hydrogens is 220 g/mol. The van der Waals surface area contributed by atoms with E-state index in [1.165, 1.54) is 0 Å². The summed E-state index contributed by atoms with van der Waals surface area (Å²) in [7, 11) is 0. The second-order valence-electron chi connectivity index (χ2n) is 3.44. The number of hydrogen-bond donors (Lipinski definition) is 0. The molecule has 0 aromatic carbocycles. The minimum absolute atomic E-state index is 0.0689. The molecule has 0 spiro atoms. The highest BCUT2D eigenvalue weighted by molar-refractivity contribution is 9.10. The number of carbonyl (C=O) groups is 1. The monoisotopic (exact) mass is 236 g/mol. The van der Waals surface area contributed by atoms with Gasteiger partial charge in [-0.2, -0.15) is 0 Å². The Kier molecular flexibility index (Phi) is 5.55. The normalized spacial score (nSPS) is 11.3. The predicted molar refractivity (Wildman–Crippen MR) is 53.5 cm³/mol. The van der Waals surface area contributed by atoms with E-state index in [9.17, 15) is 4.79 Å². The lowest BCUT2D eigenvalue weighted by atomic mass is 10.1. The second kappa shape index (κ2) is 5.57. The molecule has 0 atom stereocenters. The number of ether oxygens (including phenoxy) is 1. The van der Waals surface area contributed by atoms with E-state index < -0.39 is 0 Å². The first-order valence-electron chi connectivity index (χ1n) is 4.30. The summed E-state index contributed by atoms with van der Waals surface area (Å²) in [4.78, 5) is 10.9. The summed E-state index contributed by atoms with van der Waals surface area (Å²) >= 11 is 3.48. The van der Waals surface area contributed by atoms with Crippen molar-refractivity contribution in [1.82, 2.24) is 0 Å². The van der Waals surface area contributed by atoms with Crippen LogP contribution in [0.5, 0.6) is 0 Å². The van der Waals surface area contributed by atoms with E-state index in [0.29, 0.717) is 13.0 Å². The van der Waals surface area contributed by atoms with E-state index in [0.717, 1.165) is 12.8 Å². The third kappa shape index (κ3) is 8.05. The molecule has 0 unspecified atom stereocenters. The van der Waals surface area contributed by atoms with Crippen LogP contribution in [-0.2, 0) is 9.53 Å². The molecule has 0 aliphatic rings. The Hall–Kier alpha value is -0.0500. The largest absolute Gasteiger partial charge is 0.466 e. The van der Waals surface area contributed by atoms with Gasteiger partial charge in [0.25, 0.3) is 0 Å². The number of carbonyl (C=O) groups excluding carboxylic acids is 1. The Morgan fingerprint density at radius 1 is 1.50 bits per heavy atom. The summed E-state index contributed by atoms with van der Waals surface area (Å²) in [6.45, 7) is 6.59. The average molecular weight is 237 g/mol. The maximum Gasteiger partial charge on any atom is 0.305 e. The number of hydrogen-bond acceptors (Lipinski definition) is 2. The first-order chi connectivity index (χ1) is 5.45. The first kappa shape index (κ1) is 11.9. The predicted octanol–water partition coefficient (Wildman–Crippen LogP) is 2.89. The molecule has 12 heavy (non-hydrogen) atoms. The van der Waals surface area contributed by atoms with E-state index in [1.54, 1.807) is 0 Å². The van der Waals surface area contributed by atoms with Gasteiger partial charge in [0, 0.05) is 10.7 Å². The SMILES string of the molecule is CCCC(=O)OCCC(C)(C)Br. The summed E-state index contributed by atoms with van der Waals surface area (Å²) in [6, 6.07) is 0. The Morgan fingerprint density at radius 2 is 2.08 bits per heavy atom. The molecule has 2 nitrogen and oxygen atoms in total. The zero-order valence-electron chi connectivity index (χ0n) is 8.02. The number of esters is 1. The summed E-state index contributed by atoms with van der Waals surface area (Å²) < 4.78 is 5.06. The van der Waals surface area contributed by atoms with Crippen molar-refractivity contribution in [3.63, 3.8) is 0 Å². The Balaban J connectivity index is 3.37. The summed E-state index contributed by atoms with van der Waals surface area (Å²) in [6.07, 6.45) is 2.24. The second-order valence-corrected chi connectivity index (χ2v) is 5.59. The van der Waals surface area contributed by atoms with Crippen molar-refractivity contribution in [3.05, 3.63) is 0 Å². The highest BCUT2D eigenvalue weighted by atomic mass is 79.9. The Bertz CT molecular complexity index is 138. The van der Waals surface area contributed by atoms with Gasteiger partial charge in [0.05, 0.1) is 6.61 Å². The lowest BCUT2D eigenvalue weighted by Crippen LogP contribution is -2.15. The molecule has 0 saturated carbocycles. The van der Waals surface area contributed by atoms with Crippen molar-refractivity contribution in [2.24, 2.45) is 0 Å². The van der Waals surface area contributed by atoms with Crippen LogP contribution >= 0.6 is 15.9 Å². The lowest BCUT2D eigenvalue weighted by molar-refractivity contribution is -0.143. The molecule has 0 saturated heterocycles. The lowest BCUT2D eigenvalue weighted by Gasteiger charge is -2.15. The van der Waals surface area contributed by atoms with Crippen molar-refractivity contribution in [1.29, 1.82) is 0 Å². The summed E-state index contributed by atoms with van der Waals surface area (Å²) in [5.74, 6) is -0.0887.